The van der Waals surface area contributed by atoms with Crippen LogP contribution in [0, 0.1) is 6.92 Å². The lowest BCUT2D eigenvalue weighted by Crippen LogP contribution is -2.87. The molecule has 0 saturated heterocycles. The van der Waals surface area contributed by atoms with Crippen LogP contribution in [0.1, 0.15) is 22.0 Å². The summed E-state index contributed by atoms with van der Waals surface area (Å²) in [6, 6.07) is 16.1. The van der Waals surface area contributed by atoms with Crippen molar-refractivity contribution in [2.45, 2.75) is 13.0 Å². The number of anilines is 1. The number of nitrogens with one attached hydrogen (secondary N) is 1. The maximum atomic E-state index is 12.3. The smallest absolute Gasteiger partial charge is 0.279 e. The van der Waals surface area contributed by atoms with Crippen molar-refractivity contribution in [1.82, 2.24) is 4.98 Å². The average Bonchev–Trinajstić information content (AvgIpc) is 3.13. The van der Waals surface area contributed by atoms with E-state index in [-0.39, 0.29) is 11.9 Å². The van der Waals surface area contributed by atoms with E-state index in [9.17, 15) is 4.79 Å². The van der Waals surface area contributed by atoms with Crippen LogP contribution in [0.5, 0.6) is 0 Å². The molecule has 25 heavy (non-hydrogen) atoms. The first kappa shape index (κ1) is 17.6. The second-order valence-electron chi connectivity index (χ2n) is 5.73. The number of aromatic nitrogens is 1. The number of benzene rings is 1. The number of aryl methyl sites for hydroxylation is 1. The number of rotatable bonds is 6. The number of carbonyl (C=O) groups excluding carboxylic acids is 1. The molecule has 0 aliphatic heterocycles. The molecule has 4 nitrogen and oxygen atoms in total. The van der Waals surface area contributed by atoms with Gasteiger partial charge in [-0.3, -0.25) is 4.79 Å². The monoisotopic (exact) mass is 372 g/mol. The van der Waals surface area contributed by atoms with Crippen molar-refractivity contribution in [2.24, 2.45) is 0 Å². The number of hydrogen-bond acceptors (Lipinski definition) is 3. The topological polar surface area (TPSA) is 58.6 Å². The van der Waals surface area contributed by atoms with Crippen LogP contribution in [0.2, 0.25) is 5.15 Å². The van der Waals surface area contributed by atoms with Crippen molar-refractivity contribution in [1.29, 1.82) is 0 Å². The number of pyridine rings is 1. The van der Waals surface area contributed by atoms with Crippen molar-refractivity contribution in [2.75, 3.05) is 11.9 Å². The fourth-order valence-electron chi connectivity index (χ4n) is 2.56. The molecule has 0 aliphatic rings. The lowest BCUT2D eigenvalue weighted by molar-refractivity contribution is -0.675. The molecule has 1 aromatic carbocycles. The molecule has 2 heterocycles. The van der Waals surface area contributed by atoms with Gasteiger partial charge in [-0.1, -0.05) is 47.5 Å². The zero-order chi connectivity index (χ0) is 17.6. The number of quaternary nitrogens is 1. The zero-order valence-corrected chi connectivity index (χ0v) is 15.3. The van der Waals surface area contributed by atoms with Crippen molar-refractivity contribution < 1.29 is 10.1 Å². The Morgan fingerprint density at radius 2 is 2.04 bits per heavy atom. The summed E-state index contributed by atoms with van der Waals surface area (Å²) < 4.78 is 0. The van der Waals surface area contributed by atoms with Gasteiger partial charge in [-0.15, -0.1) is 11.3 Å². The minimum Gasteiger partial charge on any atom is -0.328 e. The van der Waals surface area contributed by atoms with E-state index in [1.165, 1.54) is 16.0 Å². The summed E-state index contributed by atoms with van der Waals surface area (Å²) in [5.74, 6) is -0.108. The first-order valence-corrected chi connectivity index (χ1v) is 9.23. The number of nitrogens with two attached hydrogens (primary N) is 1. The number of nitrogens with zero attached hydrogens (tertiary/aromatic N) is 1. The molecule has 3 aromatic rings. The third-order valence-electron chi connectivity index (χ3n) is 3.86. The summed E-state index contributed by atoms with van der Waals surface area (Å²) in [6.07, 6.45) is 1.59. The van der Waals surface area contributed by atoms with E-state index in [2.05, 4.69) is 52.9 Å². The van der Waals surface area contributed by atoms with E-state index < -0.39 is 0 Å². The minimum atomic E-state index is -0.108. The molecule has 0 aliphatic carbocycles. The molecule has 0 saturated carbocycles. The van der Waals surface area contributed by atoms with Crippen LogP contribution in [0.25, 0.3) is 0 Å². The highest BCUT2D eigenvalue weighted by Crippen LogP contribution is 2.23. The van der Waals surface area contributed by atoms with Crippen LogP contribution >= 0.6 is 22.9 Å². The van der Waals surface area contributed by atoms with Gasteiger partial charge in [0.1, 0.15) is 6.04 Å². The molecule has 128 valence electrons. The fourth-order valence-corrected chi connectivity index (χ4v) is 3.58. The van der Waals surface area contributed by atoms with Gasteiger partial charge in [0.05, 0.1) is 10.6 Å². The van der Waals surface area contributed by atoms with Crippen molar-refractivity contribution in [3.63, 3.8) is 0 Å². The third-order valence-corrected chi connectivity index (χ3v) is 5.11. The van der Waals surface area contributed by atoms with Crippen molar-refractivity contribution in [3.8, 4) is 0 Å². The third kappa shape index (κ3) is 4.66. The van der Waals surface area contributed by atoms with E-state index in [1.54, 1.807) is 29.7 Å². The Bertz CT molecular complexity index is 834. The number of hydrogen-bond donors (Lipinski definition) is 2. The van der Waals surface area contributed by atoms with Crippen molar-refractivity contribution in [3.05, 3.63) is 81.3 Å². The maximum absolute atomic E-state index is 12.3. The first-order chi connectivity index (χ1) is 12.1. The van der Waals surface area contributed by atoms with E-state index in [4.69, 9.17) is 11.6 Å². The van der Waals surface area contributed by atoms with E-state index in [0.717, 1.165) is 0 Å². The zero-order valence-electron chi connectivity index (χ0n) is 13.8. The van der Waals surface area contributed by atoms with Crippen LogP contribution in [0.4, 0.5) is 5.69 Å². The highest BCUT2D eigenvalue weighted by molar-refractivity contribution is 7.10. The summed E-state index contributed by atoms with van der Waals surface area (Å²) in [5, 5.41) is 7.20. The average molecular weight is 373 g/mol. The number of thiophene rings is 1. The highest BCUT2D eigenvalue weighted by atomic mass is 35.5. The van der Waals surface area contributed by atoms with Gasteiger partial charge in [0.15, 0.2) is 11.7 Å². The summed E-state index contributed by atoms with van der Waals surface area (Å²) in [7, 11) is 0. The van der Waals surface area contributed by atoms with Crippen LogP contribution in [0.3, 0.4) is 0 Å². The summed E-state index contributed by atoms with van der Waals surface area (Å²) in [6.45, 7) is 2.36. The number of amides is 1. The fraction of sp³-hybridized carbons (Fsp3) is 0.158. The summed E-state index contributed by atoms with van der Waals surface area (Å²) in [4.78, 5) is 17.5. The molecule has 1 amide bonds. The van der Waals surface area contributed by atoms with Gasteiger partial charge >= 0.3 is 0 Å². The van der Waals surface area contributed by atoms with Gasteiger partial charge < -0.3 is 10.6 Å². The quantitative estimate of drug-likeness (QED) is 0.651. The SMILES string of the molecule is Cc1ccc([C@H]([NH2+]CC(=O)Nc2cccnc2Cl)c2cccs2)cc1. The largest absolute Gasteiger partial charge is 0.328 e. The molecule has 0 bridgehead atoms. The Hall–Kier alpha value is -2.21. The Kier molecular flexibility index (Phi) is 5.81. The van der Waals surface area contributed by atoms with Gasteiger partial charge in [0, 0.05) is 11.8 Å². The molecular formula is C19H19ClN3OS+. The van der Waals surface area contributed by atoms with E-state index in [0.29, 0.717) is 17.4 Å². The van der Waals surface area contributed by atoms with E-state index >= 15 is 0 Å². The lowest BCUT2D eigenvalue weighted by atomic mass is 10.0. The van der Waals surface area contributed by atoms with Gasteiger partial charge in [-0.05, 0) is 30.5 Å². The van der Waals surface area contributed by atoms with Gasteiger partial charge in [-0.25, -0.2) is 4.98 Å². The minimum absolute atomic E-state index is 0.0933. The summed E-state index contributed by atoms with van der Waals surface area (Å²) >= 11 is 7.68. The predicted octanol–water partition coefficient (Wildman–Crippen LogP) is 3.40. The standard InChI is InChI=1S/C19H18ClN3OS/c1-13-6-8-14(9-7-13)18(16-5-3-11-25-16)22-12-17(24)23-15-4-2-10-21-19(15)20/h2-11,18,22H,12H2,1H3,(H,23,24)/p+1/t18-/m0/s1. The number of carbonyl (C=O) groups is 1. The molecule has 3 rings (SSSR count). The lowest BCUT2D eigenvalue weighted by Gasteiger charge is -2.15. The Balaban J connectivity index is 1.70. The molecule has 0 fully saturated rings. The normalized spacial score (nSPS) is 11.9. The molecule has 2 aromatic heterocycles. The second-order valence-corrected chi connectivity index (χ2v) is 7.07. The van der Waals surface area contributed by atoms with Crippen LogP contribution in [-0.4, -0.2) is 17.4 Å². The van der Waals surface area contributed by atoms with E-state index in [1.807, 2.05) is 11.4 Å². The Morgan fingerprint density at radius 1 is 1.24 bits per heavy atom. The Labute approximate surface area is 155 Å². The van der Waals surface area contributed by atoms with Crippen LogP contribution in [0.15, 0.2) is 60.1 Å². The maximum Gasteiger partial charge on any atom is 0.279 e. The predicted molar refractivity (Wildman–Crippen MR) is 102 cm³/mol. The summed E-state index contributed by atoms with van der Waals surface area (Å²) in [5.41, 5.74) is 2.93. The van der Waals surface area contributed by atoms with Gasteiger partial charge in [0.25, 0.3) is 5.91 Å². The van der Waals surface area contributed by atoms with Crippen molar-refractivity contribution >= 4 is 34.5 Å². The van der Waals surface area contributed by atoms with Gasteiger partial charge in [0.2, 0.25) is 0 Å². The molecule has 3 N–H and O–H groups in total. The first-order valence-electron chi connectivity index (χ1n) is 7.97. The molecule has 0 spiro atoms. The molecule has 1 atom stereocenters. The van der Waals surface area contributed by atoms with Gasteiger partial charge in [-0.2, -0.15) is 0 Å². The van der Waals surface area contributed by atoms with Crippen LogP contribution in [-0.2, 0) is 4.79 Å². The molecule has 6 heteroatoms. The van der Waals surface area contributed by atoms with Crippen LogP contribution < -0.4 is 10.6 Å². The molecule has 0 radical (unpaired) electrons. The highest BCUT2D eigenvalue weighted by Gasteiger charge is 2.20. The Morgan fingerprint density at radius 3 is 2.72 bits per heavy atom. The number of halogens is 1. The molecule has 0 unspecified atom stereocenters. The molecular weight excluding hydrogens is 354 g/mol. The second kappa shape index (κ2) is 8.25.